The second-order valence-electron chi connectivity index (χ2n) is 2.56. The van der Waals surface area contributed by atoms with Gasteiger partial charge in [0.1, 0.15) is 13.6 Å². The molecule has 1 rings (SSSR count). The number of methoxy groups -OCH3 is 1. The van der Waals surface area contributed by atoms with E-state index in [9.17, 15) is 0 Å². The highest BCUT2D eigenvalue weighted by Crippen LogP contribution is 2.23. The van der Waals surface area contributed by atoms with Gasteiger partial charge in [0, 0.05) is 0 Å². The van der Waals surface area contributed by atoms with E-state index in [1.807, 2.05) is 26.1 Å². The SMILES string of the molecule is Bc1cc(C=C)cc(Br)c1OC. The highest BCUT2D eigenvalue weighted by Gasteiger charge is 2.03. The molecular weight excluding hydrogens is 215 g/mol. The molecular formula is C9H10BBrO. The van der Waals surface area contributed by atoms with Crippen LogP contribution in [0.15, 0.2) is 23.2 Å². The largest absolute Gasteiger partial charge is 0.496 e. The molecule has 62 valence electrons. The molecule has 1 aromatic rings. The van der Waals surface area contributed by atoms with Crippen LogP contribution in [-0.4, -0.2) is 15.0 Å². The Hall–Kier alpha value is -0.695. The van der Waals surface area contributed by atoms with Gasteiger partial charge < -0.3 is 4.74 Å². The topological polar surface area (TPSA) is 9.23 Å². The molecule has 0 aliphatic heterocycles. The molecule has 3 heteroatoms. The van der Waals surface area contributed by atoms with Crippen molar-refractivity contribution in [1.82, 2.24) is 0 Å². The van der Waals surface area contributed by atoms with Gasteiger partial charge in [-0.25, -0.2) is 0 Å². The van der Waals surface area contributed by atoms with E-state index in [0.29, 0.717) is 0 Å². The molecule has 0 atom stereocenters. The highest BCUT2D eigenvalue weighted by atomic mass is 79.9. The van der Waals surface area contributed by atoms with Crippen molar-refractivity contribution in [1.29, 1.82) is 0 Å². The van der Waals surface area contributed by atoms with Gasteiger partial charge in [0.25, 0.3) is 0 Å². The van der Waals surface area contributed by atoms with Crippen LogP contribution in [-0.2, 0) is 0 Å². The molecule has 0 aliphatic carbocycles. The molecule has 0 radical (unpaired) electrons. The maximum absolute atomic E-state index is 5.19. The third kappa shape index (κ3) is 1.72. The number of halogens is 1. The van der Waals surface area contributed by atoms with Crippen LogP contribution in [0, 0.1) is 0 Å². The van der Waals surface area contributed by atoms with Crippen LogP contribution in [0.1, 0.15) is 5.56 Å². The number of ether oxygens (including phenoxy) is 1. The quantitative estimate of drug-likeness (QED) is 0.690. The third-order valence-electron chi connectivity index (χ3n) is 1.69. The van der Waals surface area contributed by atoms with Gasteiger partial charge in [0.2, 0.25) is 0 Å². The third-order valence-corrected chi connectivity index (χ3v) is 2.28. The first-order valence-corrected chi connectivity index (χ1v) is 4.45. The van der Waals surface area contributed by atoms with Gasteiger partial charge in [-0.1, -0.05) is 18.7 Å². The smallest absolute Gasteiger partial charge is 0.144 e. The van der Waals surface area contributed by atoms with E-state index in [0.717, 1.165) is 21.2 Å². The summed E-state index contributed by atoms with van der Waals surface area (Å²) in [5, 5.41) is 0. The molecule has 0 bridgehead atoms. The molecule has 0 unspecified atom stereocenters. The molecule has 0 aliphatic rings. The Morgan fingerprint density at radius 1 is 1.58 bits per heavy atom. The lowest BCUT2D eigenvalue weighted by atomic mass is 9.93. The molecule has 0 saturated heterocycles. The molecule has 0 heterocycles. The zero-order chi connectivity index (χ0) is 9.14. The average molecular weight is 225 g/mol. The zero-order valence-electron chi connectivity index (χ0n) is 7.23. The number of rotatable bonds is 2. The fraction of sp³-hybridized carbons (Fsp3) is 0.111. The molecule has 0 aromatic heterocycles. The number of benzene rings is 1. The molecule has 12 heavy (non-hydrogen) atoms. The van der Waals surface area contributed by atoms with Gasteiger partial charge >= 0.3 is 0 Å². The zero-order valence-corrected chi connectivity index (χ0v) is 8.81. The van der Waals surface area contributed by atoms with Crippen LogP contribution in [0.2, 0.25) is 0 Å². The second-order valence-corrected chi connectivity index (χ2v) is 3.41. The first-order chi connectivity index (χ1) is 5.69. The van der Waals surface area contributed by atoms with Crippen molar-refractivity contribution in [2.75, 3.05) is 7.11 Å². The summed E-state index contributed by atoms with van der Waals surface area (Å²) >= 11 is 3.43. The Balaban J connectivity index is 3.27. The van der Waals surface area contributed by atoms with Crippen LogP contribution >= 0.6 is 15.9 Å². The Morgan fingerprint density at radius 2 is 2.25 bits per heavy atom. The minimum atomic E-state index is 0.889. The van der Waals surface area contributed by atoms with Crippen molar-refractivity contribution in [3.05, 3.63) is 28.7 Å². The molecule has 0 N–H and O–H groups in total. The van der Waals surface area contributed by atoms with Crippen LogP contribution < -0.4 is 10.2 Å². The first kappa shape index (κ1) is 9.39. The van der Waals surface area contributed by atoms with Gasteiger partial charge in [-0.3, -0.25) is 0 Å². The maximum Gasteiger partial charge on any atom is 0.144 e. The van der Waals surface area contributed by atoms with Gasteiger partial charge in [0.15, 0.2) is 0 Å². The van der Waals surface area contributed by atoms with Crippen LogP contribution in [0.5, 0.6) is 5.75 Å². The van der Waals surface area contributed by atoms with E-state index in [4.69, 9.17) is 4.74 Å². The van der Waals surface area contributed by atoms with Gasteiger partial charge in [-0.15, -0.1) is 0 Å². The van der Waals surface area contributed by atoms with Crippen molar-refractivity contribution in [2.24, 2.45) is 0 Å². The summed E-state index contributed by atoms with van der Waals surface area (Å²) in [6, 6.07) is 4.02. The van der Waals surface area contributed by atoms with E-state index in [-0.39, 0.29) is 0 Å². The molecule has 0 amide bonds. The Kier molecular flexibility index (Phi) is 2.98. The first-order valence-electron chi connectivity index (χ1n) is 3.65. The average Bonchev–Trinajstić information content (AvgIpc) is 2.03. The van der Waals surface area contributed by atoms with Crippen molar-refractivity contribution < 1.29 is 4.74 Å². The van der Waals surface area contributed by atoms with E-state index in [1.54, 1.807) is 7.11 Å². The van der Waals surface area contributed by atoms with E-state index < -0.39 is 0 Å². The van der Waals surface area contributed by atoms with E-state index in [2.05, 4.69) is 22.5 Å². The van der Waals surface area contributed by atoms with Crippen molar-refractivity contribution in [3.8, 4) is 5.75 Å². The summed E-state index contributed by atoms with van der Waals surface area (Å²) in [6.07, 6.45) is 1.82. The standard InChI is InChI=1S/C9H10BBrO/c1-3-6-4-7(10)9(12-2)8(11)5-6/h3-5H,1,10H2,2H3. The van der Waals surface area contributed by atoms with Crippen LogP contribution in [0.4, 0.5) is 0 Å². The number of hydrogen-bond donors (Lipinski definition) is 0. The van der Waals surface area contributed by atoms with Gasteiger partial charge in [0.05, 0.1) is 11.6 Å². The predicted molar refractivity (Wildman–Crippen MR) is 59.0 cm³/mol. The van der Waals surface area contributed by atoms with E-state index in [1.165, 1.54) is 0 Å². The predicted octanol–water partition coefficient (Wildman–Crippen LogP) is 1.36. The summed E-state index contributed by atoms with van der Waals surface area (Å²) in [5.74, 6) is 0.889. The fourth-order valence-corrected chi connectivity index (χ4v) is 1.87. The Labute approximate surface area is 82.0 Å². The van der Waals surface area contributed by atoms with Gasteiger partial charge in [-0.05, 0) is 33.0 Å². The van der Waals surface area contributed by atoms with E-state index >= 15 is 0 Å². The van der Waals surface area contributed by atoms with Crippen LogP contribution in [0.25, 0.3) is 6.08 Å². The fourth-order valence-electron chi connectivity index (χ4n) is 1.13. The summed E-state index contributed by atoms with van der Waals surface area (Å²) in [5.41, 5.74) is 2.21. The number of hydrogen-bond acceptors (Lipinski definition) is 1. The summed E-state index contributed by atoms with van der Waals surface area (Å²) in [7, 11) is 3.68. The van der Waals surface area contributed by atoms with Crippen molar-refractivity contribution in [3.63, 3.8) is 0 Å². The second kappa shape index (κ2) is 3.81. The molecule has 0 saturated carbocycles. The lowest BCUT2D eigenvalue weighted by molar-refractivity contribution is 0.415. The molecule has 0 spiro atoms. The molecule has 1 aromatic carbocycles. The Bertz CT molecular complexity index is 286. The van der Waals surface area contributed by atoms with Crippen molar-refractivity contribution in [2.45, 2.75) is 0 Å². The van der Waals surface area contributed by atoms with Crippen LogP contribution in [0.3, 0.4) is 0 Å². The summed E-state index contributed by atoms with van der Waals surface area (Å²) < 4.78 is 6.17. The monoisotopic (exact) mass is 224 g/mol. The van der Waals surface area contributed by atoms with Gasteiger partial charge in [-0.2, -0.15) is 0 Å². The Morgan fingerprint density at radius 3 is 2.67 bits per heavy atom. The lowest BCUT2D eigenvalue weighted by Gasteiger charge is -2.08. The van der Waals surface area contributed by atoms with Crippen molar-refractivity contribution >= 4 is 35.3 Å². The summed E-state index contributed by atoms with van der Waals surface area (Å²) in [6.45, 7) is 3.71. The summed E-state index contributed by atoms with van der Waals surface area (Å²) in [4.78, 5) is 0. The molecule has 0 fully saturated rings. The lowest BCUT2D eigenvalue weighted by Crippen LogP contribution is -2.08. The normalized spacial score (nSPS) is 9.50. The maximum atomic E-state index is 5.19. The molecule has 1 nitrogen and oxygen atoms in total. The minimum absolute atomic E-state index is 0.889. The highest BCUT2D eigenvalue weighted by molar-refractivity contribution is 9.10. The minimum Gasteiger partial charge on any atom is -0.496 e.